The van der Waals surface area contributed by atoms with Crippen molar-refractivity contribution in [3.8, 4) is 11.5 Å². The number of carbonyl (C=O) groups is 1. The second kappa shape index (κ2) is 6.03. The van der Waals surface area contributed by atoms with Crippen molar-refractivity contribution in [3.63, 3.8) is 0 Å². The van der Waals surface area contributed by atoms with Gasteiger partial charge in [0.2, 0.25) is 0 Å². The second-order valence-corrected chi connectivity index (χ2v) is 5.17. The third-order valence-electron chi connectivity index (χ3n) is 3.52. The molecule has 1 atom stereocenters. The molecule has 0 fully saturated rings. The van der Waals surface area contributed by atoms with E-state index >= 15 is 0 Å². The first-order valence-electron chi connectivity index (χ1n) is 7.04. The minimum Gasteiger partial charge on any atom is -0.496 e. The largest absolute Gasteiger partial charge is 0.496 e. The van der Waals surface area contributed by atoms with Gasteiger partial charge in [-0.2, -0.15) is 18.2 Å². The van der Waals surface area contributed by atoms with E-state index in [-0.39, 0.29) is 5.75 Å². The molecular formula is C16H13F3N2O3. The number of benzene rings is 1. The Morgan fingerprint density at radius 1 is 1.29 bits per heavy atom. The molecule has 0 saturated heterocycles. The number of ether oxygens (including phenoxy) is 2. The number of hydrogen-bond donors (Lipinski definition) is 1. The number of hydrogen-bond acceptors (Lipinski definition) is 3. The van der Waals surface area contributed by atoms with Gasteiger partial charge in [0.1, 0.15) is 11.5 Å². The summed E-state index contributed by atoms with van der Waals surface area (Å²) in [6.07, 6.45) is 0.612. The van der Waals surface area contributed by atoms with Gasteiger partial charge < -0.3 is 14.8 Å². The van der Waals surface area contributed by atoms with Gasteiger partial charge in [-0.1, -0.05) is 12.1 Å². The second-order valence-electron chi connectivity index (χ2n) is 5.17. The van der Waals surface area contributed by atoms with Crippen LogP contribution in [0.1, 0.15) is 11.5 Å². The molecule has 2 aliphatic rings. The molecule has 1 unspecified atom stereocenters. The van der Waals surface area contributed by atoms with E-state index in [1.807, 2.05) is 0 Å². The zero-order valence-electron chi connectivity index (χ0n) is 12.6. The number of carbonyl (C=O) groups excluding carboxylic acids is 1. The fourth-order valence-corrected chi connectivity index (χ4v) is 2.56. The molecule has 1 aliphatic carbocycles. The Hall–Kier alpha value is -2.77. The van der Waals surface area contributed by atoms with E-state index in [1.165, 1.54) is 13.2 Å². The fraction of sp³-hybridized carbons (Fsp3) is 0.250. The van der Waals surface area contributed by atoms with Crippen LogP contribution >= 0.6 is 0 Å². The van der Waals surface area contributed by atoms with Gasteiger partial charge in [-0.3, -0.25) is 0 Å². The van der Waals surface area contributed by atoms with E-state index in [0.717, 1.165) is 0 Å². The molecule has 2 amide bonds. The Labute approximate surface area is 135 Å². The monoisotopic (exact) mass is 338 g/mol. The van der Waals surface area contributed by atoms with E-state index in [4.69, 9.17) is 9.47 Å². The van der Waals surface area contributed by atoms with Crippen LogP contribution in [-0.2, 0) is 0 Å². The molecule has 0 spiro atoms. The highest BCUT2D eigenvalue weighted by Crippen LogP contribution is 2.39. The number of aliphatic imine (C=N–C) groups is 1. The Bertz CT molecular complexity index is 766. The maximum Gasteiger partial charge on any atom is 0.422 e. The average molecular weight is 338 g/mol. The van der Waals surface area contributed by atoms with Gasteiger partial charge in [-0.05, 0) is 24.3 Å². The zero-order valence-corrected chi connectivity index (χ0v) is 12.6. The summed E-state index contributed by atoms with van der Waals surface area (Å²) in [6, 6.07) is 4.17. The number of amides is 2. The lowest BCUT2D eigenvalue weighted by atomic mass is 9.91. The van der Waals surface area contributed by atoms with Crippen molar-refractivity contribution in [1.29, 1.82) is 0 Å². The minimum absolute atomic E-state index is 0.0721. The standard InChI is InChI=1S/C16H13F3N2O3/c1-23-12-3-2-4-13(24-8-16(17,18)19)14(12)9-5-6-10-11(7-9)21-15(22)20-10/h2-7,9H,8H2,1H3,(H,21,22). The molecule has 8 heteroatoms. The predicted octanol–water partition coefficient (Wildman–Crippen LogP) is 3.34. The summed E-state index contributed by atoms with van der Waals surface area (Å²) < 4.78 is 47.6. The molecule has 1 aliphatic heterocycles. The Kier molecular flexibility index (Phi) is 4.04. The first-order valence-corrected chi connectivity index (χ1v) is 7.04. The highest BCUT2D eigenvalue weighted by Gasteiger charge is 2.30. The normalized spacial score (nSPS) is 19.3. The minimum atomic E-state index is -4.44. The van der Waals surface area contributed by atoms with Crippen LogP contribution in [0.25, 0.3) is 0 Å². The molecule has 0 aromatic heterocycles. The molecule has 5 nitrogen and oxygen atoms in total. The highest BCUT2D eigenvalue weighted by molar-refractivity contribution is 6.19. The molecule has 0 radical (unpaired) electrons. The third-order valence-corrected chi connectivity index (χ3v) is 3.52. The quantitative estimate of drug-likeness (QED) is 0.916. The summed E-state index contributed by atoms with van der Waals surface area (Å²) in [7, 11) is 1.43. The van der Waals surface area contributed by atoms with Crippen LogP contribution < -0.4 is 14.8 Å². The molecular weight excluding hydrogens is 325 g/mol. The van der Waals surface area contributed by atoms with Crippen molar-refractivity contribution < 1.29 is 27.4 Å². The van der Waals surface area contributed by atoms with Crippen LogP contribution in [0.5, 0.6) is 11.5 Å². The Balaban J connectivity index is 1.96. The molecule has 0 bridgehead atoms. The van der Waals surface area contributed by atoms with Gasteiger partial charge >= 0.3 is 12.2 Å². The highest BCUT2D eigenvalue weighted by atomic mass is 19.4. The van der Waals surface area contributed by atoms with Crippen molar-refractivity contribution in [2.45, 2.75) is 12.1 Å². The predicted molar refractivity (Wildman–Crippen MR) is 80.5 cm³/mol. The van der Waals surface area contributed by atoms with Gasteiger partial charge in [0.05, 0.1) is 18.5 Å². The number of fused-ring (bicyclic) bond motifs is 1. The third kappa shape index (κ3) is 3.27. The van der Waals surface area contributed by atoms with Gasteiger partial charge in [-0.15, -0.1) is 0 Å². The number of nitrogens with one attached hydrogen (secondary N) is 1. The van der Waals surface area contributed by atoms with Crippen LogP contribution in [-0.4, -0.2) is 31.6 Å². The van der Waals surface area contributed by atoms with E-state index in [2.05, 4.69) is 10.3 Å². The van der Waals surface area contributed by atoms with Gasteiger partial charge in [0, 0.05) is 11.5 Å². The summed E-state index contributed by atoms with van der Waals surface area (Å²) in [6.45, 7) is -1.40. The van der Waals surface area contributed by atoms with Gasteiger partial charge in [0.25, 0.3) is 0 Å². The molecule has 1 aromatic rings. The number of methoxy groups -OCH3 is 1. The smallest absolute Gasteiger partial charge is 0.422 e. The first-order chi connectivity index (χ1) is 11.4. The molecule has 24 heavy (non-hydrogen) atoms. The Morgan fingerprint density at radius 3 is 2.75 bits per heavy atom. The molecule has 126 valence electrons. The van der Waals surface area contributed by atoms with E-state index < -0.39 is 24.7 Å². The number of urea groups is 1. The van der Waals surface area contributed by atoms with Crippen molar-refractivity contribution >= 4 is 11.7 Å². The molecule has 3 rings (SSSR count). The number of nitrogens with zero attached hydrogens (tertiary/aromatic N) is 1. The van der Waals surface area contributed by atoms with Crippen molar-refractivity contribution in [2.75, 3.05) is 13.7 Å². The van der Waals surface area contributed by atoms with Crippen LogP contribution in [0.3, 0.4) is 0 Å². The van der Waals surface area contributed by atoms with Crippen molar-refractivity contribution in [1.82, 2.24) is 5.32 Å². The lowest BCUT2D eigenvalue weighted by Crippen LogP contribution is -2.21. The molecule has 1 heterocycles. The topological polar surface area (TPSA) is 59.9 Å². The SMILES string of the molecule is COc1cccc(OCC(F)(F)F)c1C1C=CC2=NC(=O)NC2=C1. The Morgan fingerprint density at radius 2 is 2.04 bits per heavy atom. The van der Waals surface area contributed by atoms with Crippen LogP contribution in [0.4, 0.5) is 18.0 Å². The van der Waals surface area contributed by atoms with Crippen molar-refractivity contribution in [3.05, 3.63) is 47.7 Å². The van der Waals surface area contributed by atoms with Gasteiger partial charge in [0.15, 0.2) is 6.61 Å². The molecule has 0 saturated carbocycles. The summed E-state index contributed by atoms with van der Waals surface area (Å²) in [5, 5.41) is 2.57. The molecule has 1 aromatic carbocycles. The van der Waals surface area contributed by atoms with Crippen LogP contribution in [0, 0.1) is 0 Å². The average Bonchev–Trinajstić information content (AvgIpc) is 2.90. The number of rotatable bonds is 4. The maximum absolute atomic E-state index is 12.5. The summed E-state index contributed by atoms with van der Waals surface area (Å²) in [4.78, 5) is 15.1. The summed E-state index contributed by atoms with van der Waals surface area (Å²) >= 11 is 0. The van der Waals surface area contributed by atoms with E-state index in [1.54, 1.807) is 30.4 Å². The number of alkyl halides is 3. The first kappa shape index (κ1) is 16.1. The van der Waals surface area contributed by atoms with Crippen molar-refractivity contribution in [2.24, 2.45) is 4.99 Å². The van der Waals surface area contributed by atoms with E-state index in [9.17, 15) is 18.0 Å². The number of allylic oxidation sites excluding steroid dienone is 3. The van der Waals surface area contributed by atoms with E-state index in [0.29, 0.717) is 22.7 Å². The number of halogens is 3. The summed E-state index contributed by atoms with van der Waals surface area (Å²) in [5.41, 5.74) is 1.46. The maximum atomic E-state index is 12.5. The fourth-order valence-electron chi connectivity index (χ4n) is 2.56. The summed E-state index contributed by atoms with van der Waals surface area (Å²) in [5.74, 6) is 0.0468. The van der Waals surface area contributed by atoms with Crippen LogP contribution in [0.2, 0.25) is 0 Å². The lowest BCUT2D eigenvalue weighted by Gasteiger charge is -2.21. The van der Waals surface area contributed by atoms with Gasteiger partial charge in [-0.25, -0.2) is 4.79 Å². The molecule has 1 N–H and O–H groups in total. The van der Waals surface area contributed by atoms with Crippen LogP contribution in [0.15, 0.2) is 47.1 Å². The zero-order chi connectivity index (χ0) is 17.3. The lowest BCUT2D eigenvalue weighted by molar-refractivity contribution is -0.153.